The van der Waals surface area contributed by atoms with Crippen molar-refractivity contribution in [1.29, 1.82) is 0 Å². The van der Waals surface area contributed by atoms with Crippen LogP contribution in [0.5, 0.6) is 0 Å². The van der Waals surface area contributed by atoms with Crippen molar-refractivity contribution in [1.82, 2.24) is 19.6 Å². The van der Waals surface area contributed by atoms with Gasteiger partial charge < -0.3 is 0 Å². The number of benzene rings is 1. The SMILES string of the molecule is FC(F)(F)c1cc(-c2cccnc2)nc2c(-c3ccc(Cl)cc3)cnn12. The molecule has 0 atom stereocenters. The molecule has 3 heterocycles. The summed E-state index contributed by atoms with van der Waals surface area (Å²) in [5.41, 5.74) is 1.03. The Labute approximate surface area is 150 Å². The van der Waals surface area contributed by atoms with Crippen molar-refractivity contribution in [3.63, 3.8) is 0 Å². The molecule has 0 spiro atoms. The van der Waals surface area contributed by atoms with E-state index in [4.69, 9.17) is 11.6 Å². The molecule has 26 heavy (non-hydrogen) atoms. The largest absolute Gasteiger partial charge is 0.433 e. The highest BCUT2D eigenvalue weighted by atomic mass is 35.5. The molecule has 0 radical (unpaired) electrons. The van der Waals surface area contributed by atoms with Gasteiger partial charge in [0, 0.05) is 28.5 Å². The van der Waals surface area contributed by atoms with E-state index in [1.807, 2.05) is 0 Å². The van der Waals surface area contributed by atoms with Gasteiger partial charge in [-0.2, -0.15) is 18.3 Å². The molecule has 0 saturated heterocycles. The first-order valence-corrected chi connectivity index (χ1v) is 7.93. The highest BCUT2D eigenvalue weighted by Crippen LogP contribution is 2.34. The quantitative estimate of drug-likeness (QED) is 0.488. The fourth-order valence-electron chi connectivity index (χ4n) is 2.66. The van der Waals surface area contributed by atoms with Crippen molar-refractivity contribution < 1.29 is 13.2 Å². The summed E-state index contributed by atoms with van der Waals surface area (Å²) in [6, 6.07) is 11.0. The van der Waals surface area contributed by atoms with Gasteiger partial charge in [-0.15, -0.1) is 0 Å². The lowest BCUT2D eigenvalue weighted by Gasteiger charge is -2.11. The van der Waals surface area contributed by atoms with Crippen molar-refractivity contribution in [2.45, 2.75) is 6.18 Å². The van der Waals surface area contributed by atoms with E-state index in [1.165, 1.54) is 12.4 Å². The lowest BCUT2D eigenvalue weighted by molar-refractivity contribution is -0.142. The molecule has 4 nitrogen and oxygen atoms in total. The molecule has 0 aliphatic carbocycles. The monoisotopic (exact) mass is 374 g/mol. The van der Waals surface area contributed by atoms with Crippen LogP contribution < -0.4 is 0 Å². The normalized spacial score (nSPS) is 11.8. The molecule has 1 aromatic carbocycles. The van der Waals surface area contributed by atoms with Gasteiger partial charge in [0.2, 0.25) is 0 Å². The number of halogens is 4. The summed E-state index contributed by atoms with van der Waals surface area (Å²) in [7, 11) is 0. The first-order valence-electron chi connectivity index (χ1n) is 7.56. The minimum Gasteiger partial charge on any atom is -0.264 e. The predicted molar refractivity (Wildman–Crippen MR) is 91.7 cm³/mol. The van der Waals surface area contributed by atoms with Crippen LogP contribution >= 0.6 is 11.6 Å². The third-order valence-corrected chi connectivity index (χ3v) is 4.13. The van der Waals surface area contributed by atoms with E-state index in [0.29, 0.717) is 21.7 Å². The van der Waals surface area contributed by atoms with Crippen molar-refractivity contribution in [3.8, 4) is 22.4 Å². The van der Waals surface area contributed by atoms with Gasteiger partial charge in [-0.1, -0.05) is 23.7 Å². The highest BCUT2D eigenvalue weighted by molar-refractivity contribution is 6.30. The Balaban J connectivity index is 2.01. The minimum atomic E-state index is -4.58. The van der Waals surface area contributed by atoms with Crippen molar-refractivity contribution in [3.05, 3.63) is 71.8 Å². The second kappa shape index (κ2) is 6.10. The van der Waals surface area contributed by atoms with E-state index < -0.39 is 11.9 Å². The summed E-state index contributed by atoms with van der Waals surface area (Å²) in [4.78, 5) is 8.36. The molecule has 0 N–H and O–H groups in total. The minimum absolute atomic E-state index is 0.112. The van der Waals surface area contributed by atoms with E-state index in [2.05, 4.69) is 15.1 Å². The maximum atomic E-state index is 13.6. The molecule has 4 aromatic rings. The molecule has 0 aliphatic heterocycles. The molecule has 0 saturated carbocycles. The third kappa shape index (κ3) is 2.90. The second-order valence-corrected chi connectivity index (χ2v) is 6.00. The van der Waals surface area contributed by atoms with E-state index in [0.717, 1.165) is 10.6 Å². The summed E-state index contributed by atoms with van der Waals surface area (Å²) in [5.74, 6) is 0. The Kier molecular flexibility index (Phi) is 3.88. The highest BCUT2D eigenvalue weighted by Gasteiger charge is 2.35. The van der Waals surface area contributed by atoms with Gasteiger partial charge in [-0.05, 0) is 35.9 Å². The van der Waals surface area contributed by atoms with Crippen molar-refractivity contribution >= 4 is 17.2 Å². The van der Waals surface area contributed by atoms with Gasteiger partial charge in [0.1, 0.15) is 0 Å². The van der Waals surface area contributed by atoms with E-state index in [1.54, 1.807) is 42.6 Å². The van der Waals surface area contributed by atoms with Gasteiger partial charge in [0.15, 0.2) is 11.3 Å². The molecule has 0 bridgehead atoms. The summed E-state index contributed by atoms with van der Waals surface area (Å²) < 4.78 is 41.5. The van der Waals surface area contributed by atoms with Gasteiger partial charge in [-0.3, -0.25) is 4.98 Å². The van der Waals surface area contributed by atoms with E-state index in [9.17, 15) is 13.2 Å². The van der Waals surface area contributed by atoms with Crippen LogP contribution in [0.25, 0.3) is 28.0 Å². The summed E-state index contributed by atoms with van der Waals surface area (Å²) >= 11 is 5.89. The molecule has 0 amide bonds. The van der Waals surface area contributed by atoms with Gasteiger partial charge in [-0.25, -0.2) is 9.50 Å². The van der Waals surface area contributed by atoms with Crippen LogP contribution in [0.1, 0.15) is 5.69 Å². The number of aromatic nitrogens is 4. The van der Waals surface area contributed by atoms with Crippen molar-refractivity contribution in [2.75, 3.05) is 0 Å². The Morgan fingerprint density at radius 1 is 0.962 bits per heavy atom. The number of rotatable bonds is 2. The zero-order valence-electron chi connectivity index (χ0n) is 13.1. The van der Waals surface area contributed by atoms with Gasteiger partial charge >= 0.3 is 6.18 Å². The fraction of sp³-hybridized carbons (Fsp3) is 0.0556. The number of pyridine rings is 1. The Morgan fingerprint density at radius 2 is 1.73 bits per heavy atom. The summed E-state index contributed by atoms with van der Waals surface area (Å²) in [5, 5.41) is 4.44. The number of alkyl halides is 3. The second-order valence-electron chi connectivity index (χ2n) is 5.57. The first-order chi connectivity index (χ1) is 12.4. The number of fused-ring (bicyclic) bond motifs is 1. The molecule has 0 unspecified atom stereocenters. The molecule has 8 heteroatoms. The molecule has 3 aromatic heterocycles. The lowest BCUT2D eigenvalue weighted by Crippen LogP contribution is -2.13. The maximum absolute atomic E-state index is 13.6. The average Bonchev–Trinajstić information content (AvgIpc) is 3.05. The smallest absolute Gasteiger partial charge is 0.264 e. The molecule has 130 valence electrons. The maximum Gasteiger partial charge on any atom is 0.433 e. The number of hydrogen-bond acceptors (Lipinski definition) is 3. The standard InChI is InChI=1S/C18H10ClF3N4/c19-13-5-3-11(4-6-13)14-10-24-26-16(18(20,21)22)8-15(25-17(14)26)12-2-1-7-23-9-12/h1-10H. The number of hydrogen-bond donors (Lipinski definition) is 0. The zero-order valence-corrected chi connectivity index (χ0v) is 13.8. The fourth-order valence-corrected chi connectivity index (χ4v) is 2.79. The van der Waals surface area contributed by atoms with Crippen LogP contribution in [-0.4, -0.2) is 19.6 Å². The van der Waals surface area contributed by atoms with Crippen LogP contribution in [0.3, 0.4) is 0 Å². The van der Waals surface area contributed by atoms with Crippen molar-refractivity contribution in [2.24, 2.45) is 0 Å². The Bertz CT molecular complexity index is 1070. The molecular weight excluding hydrogens is 365 g/mol. The zero-order chi connectivity index (χ0) is 18.3. The van der Waals surface area contributed by atoms with Crippen LogP contribution in [-0.2, 0) is 6.18 Å². The van der Waals surface area contributed by atoms with Gasteiger partial charge in [0.25, 0.3) is 0 Å². The third-order valence-electron chi connectivity index (χ3n) is 3.87. The average molecular weight is 375 g/mol. The topological polar surface area (TPSA) is 43.1 Å². The van der Waals surface area contributed by atoms with E-state index in [-0.39, 0.29) is 11.3 Å². The molecule has 0 aliphatic rings. The molecular formula is C18H10ClF3N4. The van der Waals surface area contributed by atoms with Crippen LogP contribution in [0.2, 0.25) is 5.02 Å². The molecule has 0 fully saturated rings. The number of nitrogens with zero attached hydrogens (tertiary/aromatic N) is 4. The summed E-state index contributed by atoms with van der Waals surface area (Å²) in [6.07, 6.45) is -0.197. The van der Waals surface area contributed by atoms with Crippen LogP contribution in [0, 0.1) is 0 Å². The van der Waals surface area contributed by atoms with Crippen LogP contribution in [0.15, 0.2) is 61.1 Å². The Hall–Kier alpha value is -2.93. The molecule has 4 rings (SSSR count). The van der Waals surface area contributed by atoms with Crippen LogP contribution in [0.4, 0.5) is 13.2 Å². The van der Waals surface area contributed by atoms with Gasteiger partial charge in [0.05, 0.1) is 11.9 Å². The van der Waals surface area contributed by atoms with E-state index >= 15 is 0 Å². The predicted octanol–water partition coefficient (Wildman–Crippen LogP) is 5.13. The first kappa shape index (κ1) is 16.5. The summed E-state index contributed by atoms with van der Waals surface area (Å²) in [6.45, 7) is 0. The Morgan fingerprint density at radius 3 is 2.38 bits per heavy atom. The lowest BCUT2D eigenvalue weighted by atomic mass is 10.1.